The number of sulfone groups is 1. The summed E-state index contributed by atoms with van der Waals surface area (Å²) in [6, 6.07) is 4.40. The molecule has 1 aliphatic heterocycles. The number of Topliss-reactive ketones (excluding diaryl/α,β-unsaturated/α-hetero) is 1. The van der Waals surface area contributed by atoms with Gasteiger partial charge in [-0.1, -0.05) is 62.0 Å². The lowest BCUT2D eigenvalue weighted by Gasteiger charge is -2.29. The van der Waals surface area contributed by atoms with Gasteiger partial charge in [-0.3, -0.25) is 24.2 Å². The summed E-state index contributed by atoms with van der Waals surface area (Å²) in [5.41, 5.74) is -1.53. The topological polar surface area (TPSA) is 143 Å². The van der Waals surface area contributed by atoms with Gasteiger partial charge in [-0.15, -0.1) is 0 Å². The Morgan fingerprint density at radius 1 is 1.14 bits per heavy atom. The number of rotatable bonds is 13. The van der Waals surface area contributed by atoms with Crippen LogP contribution in [0.2, 0.25) is 10.0 Å². The van der Waals surface area contributed by atoms with E-state index in [9.17, 15) is 32.0 Å². The van der Waals surface area contributed by atoms with Crippen LogP contribution in [0.5, 0.6) is 0 Å². The Morgan fingerprint density at radius 2 is 1.84 bits per heavy atom. The molecule has 2 N–H and O–H groups in total. The van der Waals surface area contributed by atoms with Crippen molar-refractivity contribution in [3.05, 3.63) is 58.1 Å². The highest BCUT2D eigenvalue weighted by Gasteiger charge is 2.59. The molecule has 0 radical (unpaired) electrons. The predicted molar refractivity (Wildman–Crippen MR) is 162 cm³/mol. The number of carbonyl (C=O) groups is 4. The van der Waals surface area contributed by atoms with Gasteiger partial charge in [0.1, 0.15) is 11.9 Å². The average molecular weight is 670 g/mol. The van der Waals surface area contributed by atoms with E-state index in [-0.39, 0.29) is 52.9 Å². The number of nitrogens with zero attached hydrogens (tertiary/aromatic N) is 2. The van der Waals surface area contributed by atoms with Crippen LogP contribution in [0.15, 0.2) is 41.4 Å². The first-order valence-electron chi connectivity index (χ1n) is 14.6. The van der Waals surface area contributed by atoms with Crippen LogP contribution in [0, 0.1) is 5.82 Å². The van der Waals surface area contributed by atoms with Gasteiger partial charge in [0.25, 0.3) is 5.91 Å². The van der Waals surface area contributed by atoms with E-state index in [0.717, 1.165) is 17.4 Å². The van der Waals surface area contributed by atoms with Gasteiger partial charge in [-0.2, -0.15) is 0 Å². The number of ketones is 1. The van der Waals surface area contributed by atoms with Gasteiger partial charge in [-0.05, 0) is 50.3 Å². The quantitative estimate of drug-likeness (QED) is 0.244. The van der Waals surface area contributed by atoms with Crippen LogP contribution in [0.4, 0.5) is 4.39 Å². The number of aromatic nitrogens is 1. The third-order valence-corrected chi connectivity index (χ3v) is 10.9. The fourth-order valence-electron chi connectivity index (χ4n) is 5.52. The van der Waals surface area contributed by atoms with Crippen LogP contribution < -0.4 is 10.6 Å². The second-order valence-corrected chi connectivity index (χ2v) is 14.2. The minimum Gasteiger partial charge on any atom is -0.349 e. The largest absolute Gasteiger partial charge is 0.349 e. The molecule has 1 saturated heterocycles. The molecule has 14 heteroatoms. The summed E-state index contributed by atoms with van der Waals surface area (Å²) in [6.45, 7) is 3.65. The van der Waals surface area contributed by atoms with Gasteiger partial charge in [0.05, 0.1) is 37.3 Å². The molecule has 3 atom stereocenters. The second-order valence-electron chi connectivity index (χ2n) is 11.2. The second kappa shape index (κ2) is 13.9. The molecule has 0 spiro atoms. The molecular formula is C30H35Cl2FN4O6S. The Balaban J connectivity index is 1.66. The number of pyridine rings is 1. The first kappa shape index (κ1) is 33.8. The Morgan fingerprint density at radius 3 is 2.45 bits per heavy atom. The van der Waals surface area contributed by atoms with Crippen molar-refractivity contribution < 1.29 is 32.0 Å². The van der Waals surface area contributed by atoms with Gasteiger partial charge in [0.15, 0.2) is 9.84 Å². The Labute approximate surface area is 266 Å². The molecule has 2 fully saturated rings. The molecule has 0 bridgehead atoms. The van der Waals surface area contributed by atoms with Crippen molar-refractivity contribution >= 4 is 56.5 Å². The highest BCUT2D eigenvalue weighted by molar-refractivity contribution is 7.92. The molecule has 1 aromatic heterocycles. The summed E-state index contributed by atoms with van der Waals surface area (Å²) < 4.78 is 42.4. The van der Waals surface area contributed by atoms with Gasteiger partial charge in [0.2, 0.25) is 17.6 Å². The minimum atomic E-state index is -4.13. The van der Waals surface area contributed by atoms with Crippen LogP contribution in [-0.2, 0) is 34.4 Å². The normalized spacial score (nSPS) is 19.7. The van der Waals surface area contributed by atoms with Crippen molar-refractivity contribution in [3.63, 3.8) is 0 Å². The zero-order chi connectivity index (χ0) is 32.2. The highest BCUT2D eigenvalue weighted by atomic mass is 35.5. The van der Waals surface area contributed by atoms with Crippen LogP contribution in [0.3, 0.4) is 0 Å². The van der Waals surface area contributed by atoms with Crippen molar-refractivity contribution in [2.75, 3.05) is 13.1 Å². The van der Waals surface area contributed by atoms with Crippen molar-refractivity contribution in [1.29, 1.82) is 0 Å². The van der Waals surface area contributed by atoms with E-state index < -0.39 is 61.9 Å². The average Bonchev–Trinajstić information content (AvgIpc) is 3.65. The van der Waals surface area contributed by atoms with E-state index in [1.54, 1.807) is 13.0 Å². The maximum atomic E-state index is 15.0. The summed E-state index contributed by atoms with van der Waals surface area (Å²) in [5, 5.41) is 3.96. The summed E-state index contributed by atoms with van der Waals surface area (Å²) in [7, 11) is -4.13. The molecule has 1 aliphatic carbocycles. The molecule has 2 heterocycles. The molecule has 3 amide bonds. The van der Waals surface area contributed by atoms with E-state index in [1.807, 2.05) is 6.92 Å². The van der Waals surface area contributed by atoms with Gasteiger partial charge in [0, 0.05) is 19.3 Å². The minimum absolute atomic E-state index is 0.00734. The molecule has 2 aromatic rings. The number of carbonyl (C=O) groups excluding carboxylic acids is 4. The van der Waals surface area contributed by atoms with Gasteiger partial charge < -0.3 is 15.5 Å². The summed E-state index contributed by atoms with van der Waals surface area (Å²) in [5.74, 6) is -3.90. The third kappa shape index (κ3) is 6.92. The highest BCUT2D eigenvalue weighted by Crippen LogP contribution is 2.51. The van der Waals surface area contributed by atoms with E-state index in [0.29, 0.717) is 19.4 Å². The maximum absolute atomic E-state index is 15.0. The molecular weight excluding hydrogens is 634 g/mol. The molecule has 10 nitrogen and oxygen atoms in total. The summed E-state index contributed by atoms with van der Waals surface area (Å²) in [6.07, 6.45) is 3.49. The molecule has 1 aromatic carbocycles. The number of amides is 3. The lowest BCUT2D eigenvalue weighted by atomic mass is 9.98. The zero-order valence-corrected chi connectivity index (χ0v) is 26.8. The van der Waals surface area contributed by atoms with Crippen LogP contribution >= 0.6 is 23.2 Å². The lowest BCUT2D eigenvalue weighted by molar-refractivity contribution is -0.143. The Bertz CT molecular complexity index is 1550. The fraction of sp³-hybridized carbons (Fsp3) is 0.500. The van der Waals surface area contributed by atoms with Crippen molar-refractivity contribution in [1.82, 2.24) is 20.5 Å². The van der Waals surface area contributed by atoms with Crippen LogP contribution in [0.1, 0.15) is 64.5 Å². The van der Waals surface area contributed by atoms with Crippen LogP contribution in [-0.4, -0.2) is 72.2 Å². The number of likely N-dealkylation sites (tertiary alicyclic amines) is 1. The molecule has 1 saturated carbocycles. The monoisotopic (exact) mass is 668 g/mol. The molecule has 4 rings (SSSR count). The van der Waals surface area contributed by atoms with E-state index in [1.165, 1.54) is 24.4 Å². The van der Waals surface area contributed by atoms with E-state index in [4.69, 9.17) is 23.2 Å². The Kier molecular flexibility index (Phi) is 10.7. The van der Waals surface area contributed by atoms with Gasteiger partial charge >= 0.3 is 0 Å². The molecule has 3 unspecified atom stereocenters. The number of unbranched alkanes of at least 4 members (excludes halogenated alkanes) is 1. The first-order chi connectivity index (χ1) is 20.9. The number of benzene rings is 1. The lowest BCUT2D eigenvalue weighted by Crippen LogP contribution is -2.54. The SMILES string of the molecule is CCCCNC(=O)C(=O)C(CCC)NC(=O)C1CC(S(=O)(=O)c2ccccc2Cl)CN1C(=O)C1(c2ncc(Cl)cc2F)CC1. The first-order valence-corrected chi connectivity index (χ1v) is 16.9. The van der Waals surface area contributed by atoms with E-state index in [2.05, 4.69) is 15.6 Å². The fourth-order valence-corrected chi connectivity index (χ4v) is 7.88. The maximum Gasteiger partial charge on any atom is 0.289 e. The van der Waals surface area contributed by atoms with Crippen molar-refractivity contribution in [3.8, 4) is 0 Å². The smallest absolute Gasteiger partial charge is 0.289 e. The third-order valence-electron chi connectivity index (χ3n) is 8.08. The van der Waals surface area contributed by atoms with E-state index >= 15 is 0 Å². The zero-order valence-electron chi connectivity index (χ0n) is 24.4. The van der Waals surface area contributed by atoms with Crippen molar-refractivity contribution in [2.45, 2.75) is 86.4 Å². The standard InChI is InChI=1S/C30H35Cl2FN4O6S/c1-3-5-13-34-28(40)25(38)22(8-4-2)36-27(39)23-15-19(44(42,43)24-10-7-6-9-20(24)32)17-37(23)29(41)30(11-12-30)26-21(33)14-18(31)16-35-26/h6-7,9-10,14,16,19,22-23H,3-5,8,11-13,15,17H2,1-2H3,(H,34,40)(H,36,39). The number of halogens is 3. The number of hydrogen-bond donors (Lipinski definition) is 2. The molecule has 238 valence electrons. The van der Waals surface area contributed by atoms with Crippen LogP contribution in [0.25, 0.3) is 0 Å². The number of nitrogens with one attached hydrogen (secondary N) is 2. The summed E-state index contributed by atoms with van der Waals surface area (Å²) >= 11 is 12.1. The Hall–Kier alpha value is -3.09. The predicted octanol–water partition coefficient (Wildman–Crippen LogP) is 3.77. The summed E-state index contributed by atoms with van der Waals surface area (Å²) in [4.78, 5) is 58.4. The number of hydrogen-bond acceptors (Lipinski definition) is 7. The molecule has 2 aliphatic rings. The van der Waals surface area contributed by atoms with Gasteiger partial charge in [-0.25, -0.2) is 12.8 Å². The molecule has 44 heavy (non-hydrogen) atoms. The van der Waals surface area contributed by atoms with Crippen molar-refractivity contribution in [2.24, 2.45) is 0 Å².